The number of ether oxygens (including phenoxy) is 1. The Morgan fingerprint density at radius 3 is 2.55 bits per heavy atom. The molecule has 0 bridgehead atoms. The van der Waals surface area contributed by atoms with Crippen LogP contribution >= 0.6 is 0 Å². The molecule has 0 amide bonds. The van der Waals surface area contributed by atoms with Crippen LogP contribution in [-0.4, -0.2) is 5.97 Å². The lowest BCUT2D eigenvalue weighted by Crippen LogP contribution is -2.22. The van der Waals surface area contributed by atoms with E-state index in [0.717, 1.165) is 22.4 Å². The SMILES string of the molecule is Cc1cc(C)c2c(c1)OC2=O. The third-order valence-electron chi connectivity index (χ3n) is 1.85. The van der Waals surface area contributed by atoms with Crippen molar-refractivity contribution in [3.63, 3.8) is 0 Å². The van der Waals surface area contributed by atoms with Crippen molar-refractivity contribution in [2.24, 2.45) is 0 Å². The number of hydrogen-bond acceptors (Lipinski definition) is 2. The number of carbonyl (C=O) groups is 1. The van der Waals surface area contributed by atoms with Gasteiger partial charge in [0.1, 0.15) is 11.3 Å². The third-order valence-corrected chi connectivity index (χ3v) is 1.85. The van der Waals surface area contributed by atoms with Crippen LogP contribution < -0.4 is 4.74 Å². The highest BCUT2D eigenvalue weighted by atomic mass is 16.6. The molecule has 1 aliphatic rings. The van der Waals surface area contributed by atoms with Crippen molar-refractivity contribution in [2.75, 3.05) is 0 Å². The molecule has 0 aromatic heterocycles. The van der Waals surface area contributed by atoms with Gasteiger partial charge in [0.25, 0.3) is 0 Å². The van der Waals surface area contributed by atoms with E-state index in [4.69, 9.17) is 4.74 Å². The van der Waals surface area contributed by atoms with Gasteiger partial charge in [0.15, 0.2) is 0 Å². The van der Waals surface area contributed by atoms with Crippen LogP contribution in [0.4, 0.5) is 0 Å². The van der Waals surface area contributed by atoms with Crippen LogP contribution in [0.3, 0.4) is 0 Å². The minimum Gasteiger partial charge on any atom is -0.422 e. The molecule has 0 spiro atoms. The number of esters is 1. The fourth-order valence-corrected chi connectivity index (χ4v) is 1.38. The molecule has 11 heavy (non-hydrogen) atoms. The second kappa shape index (κ2) is 1.84. The van der Waals surface area contributed by atoms with E-state index < -0.39 is 0 Å². The van der Waals surface area contributed by atoms with Gasteiger partial charge in [-0.3, -0.25) is 0 Å². The fourth-order valence-electron chi connectivity index (χ4n) is 1.38. The highest BCUT2D eigenvalue weighted by Gasteiger charge is 2.27. The molecule has 1 aromatic carbocycles. The molecule has 0 fully saturated rings. The summed E-state index contributed by atoms with van der Waals surface area (Å²) >= 11 is 0. The first kappa shape index (κ1) is 6.40. The van der Waals surface area contributed by atoms with Crippen molar-refractivity contribution in [1.82, 2.24) is 0 Å². The quantitative estimate of drug-likeness (QED) is 0.525. The van der Waals surface area contributed by atoms with Gasteiger partial charge in [0.05, 0.1) is 0 Å². The van der Waals surface area contributed by atoms with Gasteiger partial charge in [-0.1, -0.05) is 6.07 Å². The lowest BCUT2D eigenvalue weighted by Gasteiger charge is -2.19. The maximum atomic E-state index is 10.8. The van der Waals surface area contributed by atoms with Crippen LogP contribution in [-0.2, 0) is 0 Å². The van der Waals surface area contributed by atoms with Gasteiger partial charge >= 0.3 is 5.97 Å². The first-order chi connectivity index (χ1) is 5.18. The largest absolute Gasteiger partial charge is 0.422 e. The average molecular weight is 148 g/mol. The summed E-state index contributed by atoms with van der Waals surface area (Å²) in [7, 11) is 0. The topological polar surface area (TPSA) is 26.3 Å². The molecule has 1 aliphatic heterocycles. The predicted molar refractivity (Wildman–Crippen MR) is 40.9 cm³/mol. The van der Waals surface area contributed by atoms with E-state index >= 15 is 0 Å². The summed E-state index contributed by atoms with van der Waals surface area (Å²) in [6.07, 6.45) is 0. The van der Waals surface area contributed by atoms with Gasteiger partial charge < -0.3 is 4.74 Å². The lowest BCUT2D eigenvalue weighted by atomic mass is 10.0. The first-order valence-corrected chi connectivity index (χ1v) is 3.52. The highest BCUT2D eigenvalue weighted by Crippen LogP contribution is 2.32. The summed E-state index contributed by atoms with van der Waals surface area (Å²) in [4.78, 5) is 10.8. The standard InChI is InChI=1S/C9H8O2/c1-5-3-6(2)8-7(4-5)11-9(8)10/h3-4H,1-2H3. The van der Waals surface area contributed by atoms with Crippen molar-refractivity contribution in [2.45, 2.75) is 13.8 Å². The summed E-state index contributed by atoms with van der Waals surface area (Å²) in [5, 5.41) is 0. The maximum absolute atomic E-state index is 10.8. The third kappa shape index (κ3) is 0.755. The van der Waals surface area contributed by atoms with Gasteiger partial charge in [-0.2, -0.15) is 0 Å². The summed E-state index contributed by atoms with van der Waals surface area (Å²) in [6.45, 7) is 3.91. The van der Waals surface area contributed by atoms with E-state index in [1.165, 1.54) is 0 Å². The second-order valence-electron chi connectivity index (χ2n) is 2.84. The molecule has 0 unspecified atom stereocenters. The number of fused-ring (bicyclic) bond motifs is 1. The van der Waals surface area contributed by atoms with Crippen molar-refractivity contribution in [3.05, 3.63) is 28.8 Å². The van der Waals surface area contributed by atoms with Crippen LogP contribution in [0.5, 0.6) is 5.75 Å². The number of aryl methyl sites for hydroxylation is 2. The molecule has 2 heteroatoms. The highest BCUT2D eigenvalue weighted by molar-refractivity contribution is 6.02. The Labute approximate surface area is 64.8 Å². The molecular weight excluding hydrogens is 140 g/mol. The monoisotopic (exact) mass is 148 g/mol. The summed E-state index contributed by atoms with van der Waals surface area (Å²) in [5.74, 6) is 0.532. The van der Waals surface area contributed by atoms with Crippen LogP contribution in [0.25, 0.3) is 0 Å². The normalized spacial score (nSPS) is 13.5. The van der Waals surface area contributed by atoms with Gasteiger partial charge in [-0.15, -0.1) is 0 Å². The van der Waals surface area contributed by atoms with E-state index in [2.05, 4.69) is 0 Å². The van der Waals surface area contributed by atoms with Gasteiger partial charge in [-0.25, -0.2) is 4.79 Å². The summed E-state index contributed by atoms with van der Waals surface area (Å²) in [6, 6.07) is 3.86. The Balaban J connectivity index is 2.67. The summed E-state index contributed by atoms with van der Waals surface area (Å²) < 4.78 is 4.81. The Bertz CT molecular complexity index is 322. The molecule has 0 saturated carbocycles. The number of carbonyl (C=O) groups excluding carboxylic acids is 1. The minimum absolute atomic E-state index is 0.197. The molecule has 0 atom stereocenters. The van der Waals surface area contributed by atoms with E-state index in [1.807, 2.05) is 26.0 Å². The van der Waals surface area contributed by atoms with Crippen LogP contribution in [0.1, 0.15) is 21.5 Å². The van der Waals surface area contributed by atoms with Crippen molar-refractivity contribution in [1.29, 1.82) is 0 Å². The smallest absolute Gasteiger partial charge is 0.347 e. The Kier molecular flexibility index (Phi) is 1.07. The molecule has 0 saturated heterocycles. The molecule has 2 nitrogen and oxygen atoms in total. The number of rotatable bonds is 0. The number of hydrogen-bond donors (Lipinski definition) is 0. The molecule has 1 aromatic rings. The Morgan fingerprint density at radius 1 is 1.27 bits per heavy atom. The predicted octanol–water partition coefficient (Wildman–Crippen LogP) is 1.84. The first-order valence-electron chi connectivity index (χ1n) is 3.52. The van der Waals surface area contributed by atoms with Gasteiger partial charge in [0.2, 0.25) is 0 Å². The van der Waals surface area contributed by atoms with Crippen molar-refractivity contribution < 1.29 is 9.53 Å². The number of benzene rings is 1. The zero-order chi connectivity index (χ0) is 8.01. The van der Waals surface area contributed by atoms with E-state index in [-0.39, 0.29) is 5.97 Å². The van der Waals surface area contributed by atoms with Crippen LogP contribution in [0.2, 0.25) is 0 Å². The van der Waals surface area contributed by atoms with Crippen molar-refractivity contribution in [3.8, 4) is 5.75 Å². The molecule has 0 N–H and O–H groups in total. The molecule has 2 rings (SSSR count). The molecule has 0 aliphatic carbocycles. The second-order valence-corrected chi connectivity index (χ2v) is 2.84. The van der Waals surface area contributed by atoms with Gasteiger partial charge in [0, 0.05) is 0 Å². The lowest BCUT2D eigenvalue weighted by molar-refractivity contribution is 0.0657. The van der Waals surface area contributed by atoms with E-state index in [1.54, 1.807) is 0 Å². The Hall–Kier alpha value is -1.31. The van der Waals surface area contributed by atoms with Crippen LogP contribution in [0, 0.1) is 13.8 Å². The molecule has 0 radical (unpaired) electrons. The van der Waals surface area contributed by atoms with E-state index in [0.29, 0.717) is 0 Å². The molecule has 1 heterocycles. The van der Waals surface area contributed by atoms with Crippen LogP contribution in [0.15, 0.2) is 12.1 Å². The average Bonchev–Trinajstić information content (AvgIpc) is 1.83. The van der Waals surface area contributed by atoms with Crippen molar-refractivity contribution >= 4 is 5.97 Å². The zero-order valence-corrected chi connectivity index (χ0v) is 6.47. The Morgan fingerprint density at radius 2 is 2.00 bits per heavy atom. The summed E-state index contributed by atoms with van der Waals surface area (Å²) in [5.41, 5.74) is 2.89. The fraction of sp³-hybridized carbons (Fsp3) is 0.222. The maximum Gasteiger partial charge on any atom is 0.347 e. The zero-order valence-electron chi connectivity index (χ0n) is 6.47. The van der Waals surface area contributed by atoms with Gasteiger partial charge in [-0.05, 0) is 31.0 Å². The molecule has 56 valence electrons. The molecular formula is C9H8O2. The minimum atomic E-state index is -0.197. The van der Waals surface area contributed by atoms with E-state index in [9.17, 15) is 4.79 Å².